The minimum atomic E-state index is -0.159. The molecule has 2 aromatic carbocycles. The minimum absolute atomic E-state index is 0.159. The fraction of sp³-hybridized carbons (Fsp3) is 0.368. The summed E-state index contributed by atoms with van der Waals surface area (Å²) >= 11 is 0. The standard InChI is InChI=1S/C19H24FN/c1-4-11-21-19(16-8-5-14(2)6-9-16)13-17-12-18(20)10-7-15(17)3/h5-10,12,19,21H,4,11,13H2,1-3H3. The summed E-state index contributed by atoms with van der Waals surface area (Å²) < 4.78 is 13.5. The van der Waals surface area contributed by atoms with E-state index in [-0.39, 0.29) is 11.9 Å². The van der Waals surface area contributed by atoms with E-state index in [1.165, 1.54) is 17.2 Å². The van der Waals surface area contributed by atoms with Gasteiger partial charge < -0.3 is 5.32 Å². The lowest BCUT2D eigenvalue weighted by molar-refractivity contribution is 0.526. The summed E-state index contributed by atoms with van der Waals surface area (Å²) in [4.78, 5) is 0. The largest absolute Gasteiger partial charge is 0.310 e. The molecule has 1 nitrogen and oxygen atoms in total. The molecule has 0 aromatic heterocycles. The predicted octanol–water partition coefficient (Wildman–Crippen LogP) is 4.73. The third kappa shape index (κ3) is 4.40. The zero-order valence-electron chi connectivity index (χ0n) is 13.1. The molecule has 0 aliphatic rings. The van der Waals surface area contributed by atoms with E-state index >= 15 is 0 Å². The van der Waals surface area contributed by atoms with Crippen LogP contribution in [0.3, 0.4) is 0 Å². The Morgan fingerprint density at radius 1 is 1.05 bits per heavy atom. The lowest BCUT2D eigenvalue weighted by atomic mass is 9.95. The van der Waals surface area contributed by atoms with E-state index in [1.807, 2.05) is 13.0 Å². The molecular weight excluding hydrogens is 261 g/mol. The number of rotatable bonds is 6. The molecule has 0 saturated carbocycles. The van der Waals surface area contributed by atoms with Crippen LogP contribution in [0.2, 0.25) is 0 Å². The molecular formula is C19H24FN. The Labute approximate surface area is 127 Å². The van der Waals surface area contributed by atoms with E-state index in [2.05, 4.69) is 43.4 Å². The van der Waals surface area contributed by atoms with Gasteiger partial charge in [0.1, 0.15) is 5.82 Å². The fourth-order valence-corrected chi connectivity index (χ4v) is 2.51. The van der Waals surface area contributed by atoms with Gasteiger partial charge in [0.25, 0.3) is 0 Å². The van der Waals surface area contributed by atoms with Crippen LogP contribution in [0.4, 0.5) is 4.39 Å². The molecule has 2 rings (SSSR count). The van der Waals surface area contributed by atoms with Gasteiger partial charge in [-0.05, 0) is 62.1 Å². The Morgan fingerprint density at radius 2 is 1.76 bits per heavy atom. The number of halogens is 1. The zero-order chi connectivity index (χ0) is 15.2. The van der Waals surface area contributed by atoms with Crippen molar-refractivity contribution in [2.24, 2.45) is 0 Å². The van der Waals surface area contributed by atoms with Gasteiger partial charge >= 0.3 is 0 Å². The molecule has 1 unspecified atom stereocenters. The van der Waals surface area contributed by atoms with Gasteiger partial charge in [-0.1, -0.05) is 42.8 Å². The van der Waals surface area contributed by atoms with Crippen molar-refractivity contribution in [2.45, 2.75) is 39.7 Å². The average molecular weight is 285 g/mol. The van der Waals surface area contributed by atoms with Gasteiger partial charge in [-0.15, -0.1) is 0 Å². The number of hydrogen-bond donors (Lipinski definition) is 1. The Bertz CT molecular complexity index is 575. The van der Waals surface area contributed by atoms with Crippen LogP contribution >= 0.6 is 0 Å². The average Bonchev–Trinajstić information content (AvgIpc) is 2.48. The van der Waals surface area contributed by atoms with Gasteiger partial charge in [0, 0.05) is 6.04 Å². The van der Waals surface area contributed by atoms with Crippen molar-refractivity contribution < 1.29 is 4.39 Å². The molecule has 21 heavy (non-hydrogen) atoms. The Balaban J connectivity index is 2.23. The number of aryl methyl sites for hydroxylation is 2. The zero-order valence-corrected chi connectivity index (χ0v) is 13.1. The molecule has 1 atom stereocenters. The minimum Gasteiger partial charge on any atom is -0.310 e. The van der Waals surface area contributed by atoms with Crippen LogP contribution in [0, 0.1) is 19.7 Å². The highest BCUT2D eigenvalue weighted by Crippen LogP contribution is 2.22. The van der Waals surface area contributed by atoms with Gasteiger partial charge in [-0.2, -0.15) is 0 Å². The van der Waals surface area contributed by atoms with Gasteiger partial charge in [0.05, 0.1) is 0 Å². The normalized spacial score (nSPS) is 12.4. The van der Waals surface area contributed by atoms with E-state index in [1.54, 1.807) is 6.07 Å². The van der Waals surface area contributed by atoms with Crippen molar-refractivity contribution in [3.8, 4) is 0 Å². The number of nitrogens with one attached hydrogen (secondary N) is 1. The first-order valence-electron chi connectivity index (χ1n) is 7.65. The molecule has 2 heteroatoms. The van der Waals surface area contributed by atoms with Crippen LogP contribution in [0.1, 0.15) is 41.6 Å². The summed E-state index contributed by atoms with van der Waals surface area (Å²) in [5, 5.41) is 3.58. The molecule has 0 bridgehead atoms. The highest BCUT2D eigenvalue weighted by atomic mass is 19.1. The summed E-state index contributed by atoms with van der Waals surface area (Å²) in [6.07, 6.45) is 1.90. The quantitative estimate of drug-likeness (QED) is 0.809. The van der Waals surface area contributed by atoms with Crippen LogP contribution < -0.4 is 5.32 Å². The Morgan fingerprint density at radius 3 is 2.43 bits per heavy atom. The topological polar surface area (TPSA) is 12.0 Å². The maximum Gasteiger partial charge on any atom is 0.123 e. The monoisotopic (exact) mass is 285 g/mol. The molecule has 0 amide bonds. The fourth-order valence-electron chi connectivity index (χ4n) is 2.51. The molecule has 0 radical (unpaired) electrons. The van der Waals surface area contributed by atoms with Crippen molar-refractivity contribution in [1.82, 2.24) is 5.32 Å². The van der Waals surface area contributed by atoms with Crippen molar-refractivity contribution in [3.05, 3.63) is 70.5 Å². The molecule has 0 fully saturated rings. The van der Waals surface area contributed by atoms with Crippen molar-refractivity contribution in [3.63, 3.8) is 0 Å². The van der Waals surface area contributed by atoms with Crippen LogP contribution in [-0.4, -0.2) is 6.54 Å². The Hall–Kier alpha value is -1.67. The third-order valence-corrected chi connectivity index (χ3v) is 3.86. The van der Waals surface area contributed by atoms with Gasteiger partial charge in [0.2, 0.25) is 0 Å². The molecule has 1 N–H and O–H groups in total. The van der Waals surface area contributed by atoms with Crippen molar-refractivity contribution in [2.75, 3.05) is 6.54 Å². The van der Waals surface area contributed by atoms with E-state index in [0.29, 0.717) is 0 Å². The van der Waals surface area contributed by atoms with Crippen LogP contribution in [0.25, 0.3) is 0 Å². The summed E-state index contributed by atoms with van der Waals surface area (Å²) in [6, 6.07) is 13.9. The first-order chi connectivity index (χ1) is 10.1. The van der Waals surface area contributed by atoms with Crippen molar-refractivity contribution in [1.29, 1.82) is 0 Å². The lowest BCUT2D eigenvalue weighted by Gasteiger charge is -2.20. The van der Waals surface area contributed by atoms with E-state index in [4.69, 9.17) is 0 Å². The van der Waals surface area contributed by atoms with E-state index in [0.717, 1.165) is 30.5 Å². The molecule has 0 saturated heterocycles. The second kappa shape index (κ2) is 7.37. The summed E-state index contributed by atoms with van der Waals surface area (Å²) in [7, 11) is 0. The molecule has 0 aliphatic carbocycles. The lowest BCUT2D eigenvalue weighted by Crippen LogP contribution is -2.24. The number of hydrogen-bond acceptors (Lipinski definition) is 1. The molecule has 112 valence electrons. The molecule has 0 aliphatic heterocycles. The maximum absolute atomic E-state index is 13.5. The highest BCUT2D eigenvalue weighted by molar-refractivity contribution is 5.31. The second-order valence-electron chi connectivity index (χ2n) is 5.69. The van der Waals surface area contributed by atoms with Crippen LogP contribution in [0.15, 0.2) is 42.5 Å². The predicted molar refractivity (Wildman–Crippen MR) is 87.1 cm³/mol. The molecule has 2 aromatic rings. The van der Waals surface area contributed by atoms with E-state index in [9.17, 15) is 4.39 Å². The highest BCUT2D eigenvalue weighted by Gasteiger charge is 2.13. The van der Waals surface area contributed by atoms with Gasteiger partial charge in [-0.3, -0.25) is 0 Å². The van der Waals surface area contributed by atoms with Gasteiger partial charge in [-0.25, -0.2) is 4.39 Å². The van der Waals surface area contributed by atoms with E-state index < -0.39 is 0 Å². The first kappa shape index (κ1) is 15.7. The molecule has 0 heterocycles. The summed E-state index contributed by atoms with van der Waals surface area (Å²) in [6.45, 7) is 7.26. The van der Waals surface area contributed by atoms with Crippen LogP contribution in [0.5, 0.6) is 0 Å². The summed E-state index contributed by atoms with van der Waals surface area (Å²) in [5.41, 5.74) is 4.74. The van der Waals surface area contributed by atoms with Crippen molar-refractivity contribution >= 4 is 0 Å². The smallest absolute Gasteiger partial charge is 0.123 e. The van der Waals surface area contributed by atoms with Crippen LogP contribution in [-0.2, 0) is 6.42 Å². The first-order valence-corrected chi connectivity index (χ1v) is 7.65. The SMILES string of the molecule is CCCNC(Cc1cc(F)ccc1C)c1ccc(C)cc1. The molecule has 0 spiro atoms. The Kier molecular flexibility index (Phi) is 5.51. The third-order valence-electron chi connectivity index (χ3n) is 3.86. The van der Waals surface area contributed by atoms with Gasteiger partial charge in [0.15, 0.2) is 0 Å². The summed E-state index contributed by atoms with van der Waals surface area (Å²) in [5.74, 6) is -0.159. The maximum atomic E-state index is 13.5. The number of benzene rings is 2. The second-order valence-corrected chi connectivity index (χ2v) is 5.69.